The van der Waals surface area contributed by atoms with E-state index in [1.807, 2.05) is 23.1 Å². The van der Waals surface area contributed by atoms with Crippen molar-refractivity contribution in [3.63, 3.8) is 0 Å². The molecule has 1 unspecified atom stereocenters. The minimum Gasteiger partial charge on any atom is -0.454 e. The second-order valence-electron chi connectivity index (χ2n) is 8.61. The second-order valence-corrected chi connectivity index (χ2v) is 8.61. The van der Waals surface area contributed by atoms with Gasteiger partial charge in [-0.3, -0.25) is 9.69 Å². The molecule has 1 fully saturated rings. The largest absolute Gasteiger partial charge is 0.454 e. The Morgan fingerprint density at radius 2 is 1.87 bits per heavy atom. The number of hydrogen-bond acceptors (Lipinski definition) is 4. The summed E-state index contributed by atoms with van der Waals surface area (Å²) in [5.41, 5.74) is 2.81. The van der Waals surface area contributed by atoms with Gasteiger partial charge >= 0.3 is 0 Å². The van der Waals surface area contributed by atoms with Crippen molar-refractivity contribution >= 4 is 5.91 Å². The van der Waals surface area contributed by atoms with E-state index in [1.165, 1.54) is 6.07 Å². The summed E-state index contributed by atoms with van der Waals surface area (Å²) in [6.07, 6.45) is 3.26. The highest BCUT2D eigenvalue weighted by Gasteiger charge is 2.36. The van der Waals surface area contributed by atoms with E-state index in [0.29, 0.717) is 11.7 Å². The Hall–Kier alpha value is -2.60. The van der Waals surface area contributed by atoms with Gasteiger partial charge in [0.1, 0.15) is 5.82 Å². The highest BCUT2D eigenvalue weighted by Crippen LogP contribution is 2.42. The number of carbonyl (C=O) groups excluding carboxylic acids is 1. The Morgan fingerprint density at radius 1 is 1.10 bits per heavy atom. The van der Waals surface area contributed by atoms with Crippen molar-refractivity contribution in [1.29, 1.82) is 0 Å². The minimum absolute atomic E-state index is 0.0649. The summed E-state index contributed by atoms with van der Waals surface area (Å²) in [5, 5.41) is 0. The quantitative estimate of drug-likeness (QED) is 0.734. The molecule has 1 saturated heterocycles. The fraction of sp³-hybridized carbons (Fsp3) is 0.458. The molecule has 0 saturated carbocycles. The zero-order valence-electron chi connectivity index (χ0n) is 17.3. The second kappa shape index (κ2) is 7.91. The zero-order valence-corrected chi connectivity index (χ0v) is 17.3. The molecule has 158 valence electrons. The van der Waals surface area contributed by atoms with Gasteiger partial charge in [-0.2, -0.15) is 0 Å². The molecule has 2 aromatic carbocycles. The number of piperidine rings is 1. The van der Waals surface area contributed by atoms with Crippen LogP contribution in [0.3, 0.4) is 0 Å². The van der Waals surface area contributed by atoms with E-state index in [4.69, 9.17) is 9.47 Å². The Balaban J connectivity index is 1.14. The van der Waals surface area contributed by atoms with Gasteiger partial charge in [-0.05, 0) is 80.6 Å². The standard InChI is InChI=1S/C24H27FN2O3/c1-16-20-12-22-23(30-15-29-22)13-21(20)24(28)27(16)10-7-17-5-8-26(9-6-17)14-18-3-2-4-19(25)11-18/h2-4,11-13,16-17H,5-10,14-15H2,1H3. The summed E-state index contributed by atoms with van der Waals surface area (Å²) in [6.45, 7) is 5.93. The maximum absolute atomic E-state index is 13.4. The number of carbonyl (C=O) groups is 1. The third kappa shape index (κ3) is 3.65. The molecular weight excluding hydrogens is 383 g/mol. The zero-order chi connectivity index (χ0) is 20.7. The van der Waals surface area contributed by atoms with Gasteiger partial charge in [-0.25, -0.2) is 4.39 Å². The molecule has 3 aliphatic rings. The highest BCUT2D eigenvalue weighted by molar-refractivity contribution is 6.00. The first-order valence-electron chi connectivity index (χ1n) is 10.8. The third-order valence-electron chi connectivity index (χ3n) is 6.73. The van der Waals surface area contributed by atoms with E-state index in [1.54, 1.807) is 12.1 Å². The molecule has 30 heavy (non-hydrogen) atoms. The number of amides is 1. The van der Waals surface area contributed by atoms with Crippen molar-refractivity contribution < 1.29 is 18.7 Å². The molecular formula is C24H27FN2O3. The van der Waals surface area contributed by atoms with Crippen molar-refractivity contribution in [2.24, 2.45) is 5.92 Å². The predicted molar refractivity (Wildman–Crippen MR) is 111 cm³/mol. The van der Waals surface area contributed by atoms with Crippen molar-refractivity contribution in [1.82, 2.24) is 9.80 Å². The molecule has 6 heteroatoms. The smallest absolute Gasteiger partial charge is 0.254 e. The number of halogens is 1. The van der Waals surface area contributed by atoms with Gasteiger partial charge in [0.25, 0.3) is 5.91 Å². The molecule has 3 aliphatic heterocycles. The van der Waals surface area contributed by atoms with Gasteiger partial charge in [0.05, 0.1) is 6.04 Å². The SMILES string of the molecule is CC1c2cc3c(cc2C(=O)N1CCC1CCN(Cc2cccc(F)c2)CC1)OCO3. The topological polar surface area (TPSA) is 42.0 Å². The summed E-state index contributed by atoms with van der Waals surface area (Å²) < 4.78 is 24.3. The molecule has 0 aliphatic carbocycles. The normalized spacial score (nSPS) is 21.3. The van der Waals surface area contributed by atoms with E-state index >= 15 is 0 Å². The van der Waals surface area contributed by atoms with Gasteiger partial charge < -0.3 is 14.4 Å². The van der Waals surface area contributed by atoms with Crippen LogP contribution >= 0.6 is 0 Å². The fourth-order valence-electron chi connectivity index (χ4n) is 4.93. The summed E-state index contributed by atoms with van der Waals surface area (Å²) in [7, 11) is 0. The van der Waals surface area contributed by atoms with Crippen molar-refractivity contribution in [3.8, 4) is 11.5 Å². The average molecular weight is 410 g/mol. The average Bonchev–Trinajstić information content (AvgIpc) is 3.29. The lowest BCUT2D eigenvalue weighted by Crippen LogP contribution is -2.35. The van der Waals surface area contributed by atoms with Crippen LogP contribution in [-0.4, -0.2) is 42.1 Å². The molecule has 0 radical (unpaired) electrons. The van der Waals surface area contributed by atoms with Crippen LogP contribution in [0.15, 0.2) is 36.4 Å². The number of nitrogens with zero attached hydrogens (tertiary/aromatic N) is 2. The predicted octanol–water partition coefficient (Wildman–Crippen LogP) is 4.37. The van der Waals surface area contributed by atoms with E-state index < -0.39 is 0 Å². The molecule has 1 amide bonds. The molecule has 0 spiro atoms. The summed E-state index contributed by atoms with van der Waals surface area (Å²) >= 11 is 0. The van der Waals surface area contributed by atoms with Gasteiger partial charge in [0, 0.05) is 18.7 Å². The maximum Gasteiger partial charge on any atom is 0.254 e. The first kappa shape index (κ1) is 19.4. The number of likely N-dealkylation sites (tertiary alicyclic amines) is 1. The highest BCUT2D eigenvalue weighted by atomic mass is 19.1. The van der Waals surface area contributed by atoms with E-state index in [0.717, 1.165) is 67.9 Å². The maximum atomic E-state index is 13.4. The van der Waals surface area contributed by atoms with Crippen LogP contribution in [0.4, 0.5) is 4.39 Å². The molecule has 5 nitrogen and oxygen atoms in total. The molecule has 0 bridgehead atoms. The lowest BCUT2D eigenvalue weighted by molar-refractivity contribution is 0.0712. The van der Waals surface area contributed by atoms with Gasteiger partial charge in [-0.15, -0.1) is 0 Å². The van der Waals surface area contributed by atoms with E-state index in [9.17, 15) is 9.18 Å². The number of rotatable bonds is 5. The molecule has 2 aromatic rings. The van der Waals surface area contributed by atoms with E-state index in [-0.39, 0.29) is 24.6 Å². The fourth-order valence-corrected chi connectivity index (χ4v) is 4.93. The van der Waals surface area contributed by atoms with Crippen molar-refractivity contribution in [2.45, 2.75) is 38.8 Å². The summed E-state index contributed by atoms with van der Waals surface area (Å²) in [6, 6.07) is 10.7. The van der Waals surface area contributed by atoms with Crippen LogP contribution in [0.5, 0.6) is 11.5 Å². The number of hydrogen-bond donors (Lipinski definition) is 0. The van der Waals surface area contributed by atoms with Crippen LogP contribution < -0.4 is 9.47 Å². The monoisotopic (exact) mass is 410 g/mol. The Kier molecular flexibility index (Phi) is 5.11. The Morgan fingerprint density at radius 3 is 2.63 bits per heavy atom. The lowest BCUT2D eigenvalue weighted by Gasteiger charge is -2.33. The third-order valence-corrected chi connectivity index (χ3v) is 6.73. The van der Waals surface area contributed by atoms with Crippen LogP contribution in [0.1, 0.15) is 53.7 Å². The summed E-state index contributed by atoms with van der Waals surface area (Å²) in [4.78, 5) is 17.3. The first-order chi connectivity index (χ1) is 14.6. The number of ether oxygens (including phenoxy) is 2. The number of fused-ring (bicyclic) bond motifs is 2. The molecule has 1 atom stereocenters. The Labute approximate surface area is 176 Å². The van der Waals surface area contributed by atoms with Crippen LogP contribution in [0.2, 0.25) is 0 Å². The molecule has 0 aromatic heterocycles. The summed E-state index contributed by atoms with van der Waals surface area (Å²) in [5.74, 6) is 1.95. The molecule has 5 rings (SSSR count). The lowest BCUT2D eigenvalue weighted by atomic mass is 9.93. The van der Waals surface area contributed by atoms with Gasteiger partial charge in [0.2, 0.25) is 6.79 Å². The van der Waals surface area contributed by atoms with Gasteiger partial charge in [-0.1, -0.05) is 12.1 Å². The number of benzene rings is 2. The van der Waals surface area contributed by atoms with Crippen molar-refractivity contribution in [3.05, 3.63) is 58.9 Å². The van der Waals surface area contributed by atoms with Gasteiger partial charge in [0.15, 0.2) is 11.5 Å². The first-order valence-corrected chi connectivity index (χ1v) is 10.8. The molecule has 0 N–H and O–H groups in total. The minimum atomic E-state index is -0.170. The van der Waals surface area contributed by atoms with Crippen molar-refractivity contribution in [2.75, 3.05) is 26.4 Å². The van der Waals surface area contributed by atoms with Crippen LogP contribution in [0.25, 0.3) is 0 Å². The van der Waals surface area contributed by atoms with Crippen LogP contribution in [-0.2, 0) is 6.54 Å². The van der Waals surface area contributed by atoms with Crippen LogP contribution in [0, 0.1) is 11.7 Å². The molecule has 3 heterocycles. The van der Waals surface area contributed by atoms with E-state index in [2.05, 4.69) is 11.8 Å². The Bertz CT molecular complexity index is 955.